The average molecular weight is 303 g/mol. The highest BCUT2D eigenvalue weighted by molar-refractivity contribution is 8.00. The molecule has 6 heteroatoms. The first-order valence-electron chi connectivity index (χ1n) is 6.07. The van der Waals surface area contributed by atoms with Gasteiger partial charge in [-0.25, -0.2) is 4.98 Å². The van der Waals surface area contributed by atoms with E-state index in [1.54, 1.807) is 35.2 Å². The lowest BCUT2D eigenvalue weighted by atomic mass is 10.3. The van der Waals surface area contributed by atoms with E-state index < -0.39 is 0 Å². The highest BCUT2D eigenvalue weighted by atomic mass is 32.2. The first-order chi connectivity index (χ1) is 9.74. The Hall–Kier alpha value is -1.79. The van der Waals surface area contributed by atoms with Crippen LogP contribution in [0.2, 0.25) is 0 Å². The van der Waals surface area contributed by atoms with Crippen molar-refractivity contribution in [3.63, 3.8) is 0 Å². The molecule has 2 heterocycles. The van der Waals surface area contributed by atoms with Crippen LogP contribution in [0.1, 0.15) is 5.69 Å². The van der Waals surface area contributed by atoms with E-state index in [0.29, 0.717) is 6.54 Å². The minimum Gasteiger partial charge on any atom is -0.506 e. The number of benzene rings is 1. The predicted molar refractivity (Wildman–Crippen MR) is 84.6 cm³/mol. The van der Waals surface area contributed by atoms with Crippen LogP contribution < -0.4 is 5.32 Å². The molecule has 0 saturated carbocycles. The molecule has 0 fully saturated rings. The van der Waals surface area contributed by atoms with Crippen molar-refractivity contribution in [1.29, 1.82) is 0 Å². The molecule has 1 aromatic carbocycles. The fourth-order valence-corrected chi connectivity index (χ4v) is 3.34. The average Bonchev–Trinajstić information content (AvgIpc) is 2.89. The molecule has 0 amide bonds. The smallest absolute Gasteiger partial charge is 0.150 e. The maximum atomic E-state index is 9.20. The van der Waals surface area contributed by atoms with Crippen LogP contribution in [0, 0.1) is 0 Å². The number of aromatic nitrogens is 2. The molecular weight excluding hydrogens is 290 g/mol. The summed E-state index contributed by atoms with van der Waals surface area (Å²) in [6.45, 7) is 0.625. The number of thiazole rings is 1. The second-order valence-corrected chi connectivity index (χ2v) is 6.31. The normalized spacial score (nSPS) is 10.8. The summed E-state index contributed by atoms with van der Waals surface area (Å²) in [6, 6.07) is 9.60. The van der Waals surface area contributed by atoms with Crippen LogP contribution in [0.15, 0.2) is 40.9 Å². The van der Waals surface area contributed by atoms with E-state index in [-0.39, 0.29) is 5.75 Å². The van der Waals surface area contributed by atoms with E-state index in [4.69, 9.17) is 0 Å². The molecule has 0 saturated heterocycles. The molecule has 2 N–H and O–H groups in total. The highest BCUT2D eigenvalue weighted by Gasteiger charge is 2.04. The number of hydrogen-bond donors (Lipinski definition) is 2. The van der Waals surface area contributed by atoms with Crippen LogP contribution in [0.25, 0.3) is 10.2 Å². The number of pyridine rings is 1. The summed E-state index contributed by atoms with van der Waals surface area (Å²) in [6.07, 6.45) is 3.49. The van der Waals surface area contributed by atoms with E-state index in [9.17, 15) is 5.11 Å². The highest BCUT2D eigenvalue weighted by Crippen LogP contribution is 2.30. The Labute approximate surface area is 124 Å². The van der Waals surface area contributed by atoms with Gasteiger partial charge in [0.05, 0.1) is 28.7 Å². The number of thioether (sulfide) groups is 1. The van der Waals surface area contributed by atoms with E-state index in [0.717, 1.165) is 21.2 Å². The van der Waals surface area contributed by atoms with Gasteiger partial charge in [-0.3, -0.25) is 4.98 Å². The third-order valence-corrected chi connectivity index (χ3v) is 4.83. The lowest BCUT2D eigenvalue weighted by Gasteiger charge is -2.05. The van der Waals surface area contributed by atoms with Crippen molar-refractivity contribution in [2.75, 3.05) is 11.6 Å². The largest absolute Gasteiger partial charge is 0.506 e. The molecule has 3 aromatic rings. The summed E-state index contributed by atoms with van der Waals surface area (Å²) >= 11 is 3.36. The van der Waals surface area contributed by atoms with E-state index >= 15 is 0 Å². The Morgan fingerprint density at radius 1 is 1.30 bits per heavy atom. The molecule has 0 radical (unpaired) electrons. The minimum atomic E-state index is 0.185. The summed E-state index contributed by atoms with van der Waals surface area (Å²) in [5.41, 5.74) is 2.97. The van der Waals surface area contributed by atoms with Crippen molar-refractivity contribution >= 4 is 39.0 Å². The zero-order chi connectivity index (χ0) is 13.9. The monoisotopic (exact) mass is 303 g/mol. The Balaban J connectivity index is 1.75. The van der Waals surface area contributed by atoms with Crippen molar-refractivity contribution < 1.29 is 5.11 Å². The summed E-state index contributed by atoms with van der Waals surface area (Å²) < 4.78 is 2.26. The lowest BCUT2D eigenvalue weighted by molar-refractivity contribution is 0.472. The van der Waals surface area contributed by atoms with Crippen molar-refractivity contribution in [3.8, 4) is 5.75 Å². The van der Waals surface area contributed by atoms with Crippen molar-refractivity contribution in [3.05, 3.63) is 42.2 Å². The zero-order valence-corrected chi connectivity index (χ0v) is 12.5. The predicted octanol–water partition coefficient (Wildman–Crippen LogP) is 3.73. The summed E-state index contributed by atoms with van der Waals surface area (Å²) in [5, 5.41) is 12.5. The van der Waals surface area contributed by atoms with Gasteiger partial charge in [0.25, 0.3) is 0 Å². The number of aromatic hydroxyl groups is 1. The topological polar surface area (TPSA) is 58.0 Å². The van der Waals surface area contributed by atoms with Gasteiger partial charge >= 0.3 is 0 Å². The van der Waals surface area contributed by atoms with Crippen LogP contribution in [-0.2, 0) is 6.54 Å². The SMILES string of the molecule is CSc1nc2ccc(NCc3ccc(O)cn3)cc2s1. The van der Waals surface area contributed by atoms with E-state index in [1.165, 1.54) is 10.9 Å². The summed E-state index contributed by atoms with van der Waals surface area (Å²) in [7, 11) is 0. The Bertz CT molecular complexity index is 725. The van der Waals surface area contributed by atoms with Crippen LogP contribution in [0.3, 0.4) is 0 Å². The van der Waals surface area contributed by atoms with E-state index in [1.807, 2.05) is 18.4 Å². The van der Waals surface area contributed by atoms with Crippen molar-refractivity contribution in [1.82, 2.24) is 9.97 Å². The third-order valence-electron chi connectivity index (χ3n) is 2.83. The van der Waals surface area contributed by atoms with Gasteiger partial charge in [-0.2, -0.15) is 0 Å². The fourth-order valence-electron chi connectivity index (χ4n) is 1.81. The molecule has 0 aliphatic heterocycles. The first-order valence-corrected chi connectivity index (χ1v) is 8.11. The van der Waals surface area contributed by atoms with Gasteiger partial charge in [-0.1, -0.05) is 11.8 Å². The molecule has 20 heavy (non-hydrogen) atoms. The second-order valence-electron chi connectivity index (χ2n) is 4.23. The molecule has 0 aliphatic rings. The first kappa shape index (κ1) is 13.2. The molecule has 102 valence electrons. The number of nitrogens with zero attached hydrogens (tertiary/aromatic N) is 2. The maximum absolute atomic E-state index is 9.20. The van der Waals surface area contributed by atoms with Gasteiger partial charge in [0.1, 0.15) is 5.75 Å². The maximum Gasteiger partial charge on any atom is 0.150 e. The lowest BCUT2D eigenvalue weighted by Crippen LogP contribution is -2.00. The van der Waals surface area contributed by atoms with Crippen LogP contribution >= 0.6 is 23.1 Å². The molecule has 0 bridgehead atoms. The Morgan fingerprint density at radius 2 is 2.20 bits per heavy atom. The zero-order valence-electron chi connectivity index (χ0n) is 10.8. The van der Waals surface area contributed by atoms with Crippen LogP contribution in [0.5, 0.6) is 5.75 Å². The van der Waals surface area contributed by atoms with Gasteiger partial charge < -0.3 is 10.4 Å². The molecule has 0 atom stereocenters. The standard InChI is InChI=1S/C14H13N3OS2/c1-19-14-17-12-5-3-9(6-13(12)20-14)15-7-10-2-4-11(18)8-16-10/h2-6,8,15,18H,7H2,1H3. The molecular formula is C14H13N3OS2. The fraction of sp³-hybridized carbons (Fsp3) is 0.143. The van der Waals surface area contributed by atoms with E-state index in [2.05, 4.69) is 21.4 Å². The van der Waals surface area contributed by atoms with Gasteiger partial charge in [0.2, 0.25) is 0 Å². The molecule has 0 unspecified atom stereocenters. The van der Waals surface area contributed by atoms with Crippen LogP contribution in [-0.4, -0.2) is 21.3 Å². The molecule has 0 spiro atoms. The van der Waals surface area contributed by atoms with Gasteiger partial charge in [0.15, 0.2) is 4.34 Å². The number of hydrogen-bond acceptors (Lipinski definition) is 6. The Morgan fingerprint density at radius 3 is 2.95 bits per heavy atom. The Kier molecular flexibility index (Phi) is 3.75. The number of rotatable bonds is 4. The molecule has 2 aromatic heterocycles. The second kappa shape index (κ2) is 5.68. The minimum absolute atomic E-state index is 0.185. The summed E-state index contributed by atoms with van der Waals surface area (Å²) in [4.78, 5) is 8.66. The van der Waals surface area contributed by atoms with Crippen LogP contribution in [0.4, 0.5) is 5.69 Å². The van der Waals surface area contributed by atoms with Gasteiger partial charge in [-0.15, -0.1) is 11.3 Å². The molecule has 4 nitrogen and oxygen atoms in total. The van der Waals surface area contributed by atoms with Crippen molar-refractivity contribution in [2.45, 2.75) is 10.9 Å². The number of anilines is 1. The van der Waals surface area contributed by atoms with Gasteiger partial charge in [-0.05, 0) is 36.6 Å². The van der Waals surface area contributed by atoms with Gasteiger partial charge in [0, 0.05) is 5.69 Å². The quantitative estimate of drug-likeness (QED) is 0.719. The third kappa shape index (κ3) is 2.86. The van der Waals surface area contributed by atoms with Crippen molar-refractivity contribution in [2.24, 2.45) is 0 Å². The molecule has 3 rings (SSSR count). The number of fused-ring (bicyclic) bond motifs is 1. The summed E-state index contributed by atoms with van der Waals surface area (Å²) in [5.74, 6) is 0.185. The number of nitrogens with one attached hydrogen (secondary N) is 1. The molecule has 0 aliphatic carbocycles.